The number of rotatable bonds is 9. The molecule has 0 aliphatic carbocycles. The van der Waals surface area contributed by atoms with Gasteiger partial charge in [0.1, 0.15) is 11.5 Å². The lowest BCUT2D eigenvalue weighted by Crippen LogP contribution is -2.42. The van der Waals surface area contributed by atoms with Crippen molar-refractivity contribution in [2.45, 2.75) is 6.54 Å². The summed E-state index contributed by atoms with van der Waals surface area (Å²) in [6.45, 7) is 0.491. The van der Waals surface area contributed by atoms with Crippen LogP contribution in [0.2, 0.25) is 0 Å². The Morgan fingerprint density at radius 3 is 2.39 bits per heavy atom. The number of anilines is 1. The Kier molecular flexibility index (Phi) is 7.70. The van der Waals surface area contributed by atoms with Crippen LogP contribution in [0.1, 0.15) is 5.56 Å². The fraction of sp³-hybridized carbons (Fsp3) is 0.222. The zero-order chi connectivity index (χ0) is 20.4. The largest absolute Gasteiger partial charge is 0.378 e. The number of urea groups is 1. The predicted octanol–water partition coefficient (Wildman–Crippen LogP) is 1.76. The predicted molar refractivity (Wildman–Crippen MR) is 101 cm³/mol. The van der Waals surface area contributed by atoms with E-state index < -0.39 is 16.9 Å². The second-order valence-corrected chi connectivity index (χ2v) is 5.71. The van der Waals surface area contributed by atoms with Crippen molar-refractivity contribution in [2.75, 3.05) is 25.0 Å². The number of nitrogens with zero attached hydrogens (tertiary/aromatic N) is 1. The van der Waals surface area contributed by atoms with E-state index in [0.717, 1.165) is 5.56 Å². The van der Waals surface area contributed by atoms with Crippen LogP contribution in [-0.4, -0.2) is 36.5 Å². The van der Waals surface area contributed by atoms with E-state index in [9.17, 15) is 24.1 Å². The van der Waals surface area contributed by atoms with Gasteiger partial charge < -0.3 is 21.3 Å². The minimum absolute atomic E-state index is 0.0479. The molecule has 3 amide bonds. The first-order chi connectivity index (χ1) is 13.5. The number of para-hydroxylation sites is 2. The fourth-order valence-electron chi connectivity index (χ4n) is 2.25. The Hall–Kier alpha value is -3.69. The number of benzene rings is 2. The summed E-state index contributed by atoms with van der Waals surface area (Å²) in [6, 6.07) is 11.3. The van der Waals surface area contributed by atoms with Crippen molar-refractivity contribution in [2.24, 2.45) is 0 Å². The summed E-state index contributed by atoms with van der Waals surface area (Å²) in [5.74, 6) is -0.762. The van der Waals surface area contributed by atoms with Gasteiger partial charge in [0.2, 0.25) is 5.91 Å². The monoisotopic (exact) mass is 389 g/mol. The number of carbonyl (C=O) groups is 2. The normalized spacial score (nSPS) is 10.0. The molecular weight excluding hydrogens is 369 g/mol. The molecule has 4 N–H and O–H groups in total. The molecular formula is C18H20FN5O4. The molecule has 148 valence electrons. The minimum atomic E-state index is -0.530. The van der Waals surface area contributed by atoms with Gasteiger partial charge in [0.05, 0.1) is 11.5 Å². The zero-order valence-corrected chi connectivity index (χ0v) is 14.9. The number of nitro benzene ring substituents is 1. The molecule has 0 aromatic heterocycles. The smallest absolute Gasteiger partial charge is 0.315 e. The van der Waals surface area contributed by atoms with Gasteiger partial charge in [-0.1, -0.05) is 24.3 Å². The van der Waals surface area contributed by atoms with E-state index in [1.165, 1.54) is 18.2 Å². The standard InChI is InChI=1S/C18H20FN5O4/c19-14-7-5-13(6-8-14)11-22-18(26)23-12-17(25)21-10-9-20-15-3-1-2-4-16(15)24(27)28/h1-8,20H,9-12H2,(H,21,25)(H2,22,23,26). The van der Waals surface area contributed by atoms with Gasteiger partial charge in [-0.15, -0.1) is 0 Å². The number of amides is 3. The maximum Gasteiger partial charge on any atom is 0.315 e. The average molecular weight is 389 g/mol. The molecule has 0 saturated carbocycles. The molecule has 0 saturated heterocycles. The van der Waals surface area contributed by atoms with E-state index in [1.54, 1.807) is 30.3 Å². The molecule has 0 aliphatic rings. The summed E-state index contributed by atoms with van der Waals surface area (Å²) in [5, 5.41) is 21.3. The molecule has 0 aliphatic heterocycles. The third kappa shape index (κ3) is 6.90. The Morgan fingerprint density at radius 2 is 1.68 bits per heavy atom. The van der Waals surface area contributed by atoms with Gasteiger partial charge in [0, 0.05) is 25.7 Å². The van der Waals surface area contributed by atoms with Crippen LogP contribution in [0.4, 0.5) is 20.6 Å². The van der Waals surface area contributed by atoms with Crippen molar-refractivity contribution in [1.29, 1.82) is 0 Å². The van der Waals surface area contributed by atoms with Crippen LogP contribution in [0.15, 0.2) is 48.5 Å². The van der Waals surface area contributed by atoms with Gasteiger partial charge in [-0.2, -0.15) is 0 Å². The third-order valence-electron chi connectivity index (χ3n) is 3.64. The lowest BCUT2D eigenvalue weighted by molar-refractivity contribution is -0.384. The van der Waals surface area contributed by atoms with E-state index in [0.29, 0.717) is 5.69 Å². The number of hydrogen-bond donors (Lipinski definition) is 4. The number of carbonyl (C=O) groups excluding carboxylic acids is 2. The van der Waals surface area contributed by atoms with Gasteiger partial charge in [-0.05, 0) is 23.8 Å². The highest BCUT2D eigenvalue weighted by Gasteiger charge is 2.11. The highest BCUT2D eigenvalue weighted by atomic mass is 19.1. The summed E-state index contributed by atoms with van der Waals surface area (Å²) < 4.78 is 12.8. The van der Waals surface area contributed by atoms with Crippen LogP contribution in [-0.2, 0) is 11.3 Å². The Morgan fingerprint density at radius 1 is 0.964 bits per heavy atom. The molecule has 0 fully saturated rings. The van der Waals surface area contributed by atoms with Crippen molar-refractivity contribution in [3.8, 4) is 0 Å². The summed E-state index contributed by atoms with van der Waals surface area (Å²) in [6.07, 6.45) is 0. The summed E-state index contributed by atoms with van der Waals surface area (Å²) >= 11 is 0. The van der Waals surface area contributed by atoms with Crippen molar-refractivity contribution < 1.29 is 18.9 Å². The number of nitro groups is 1. The first kappa shape index (κ1) is 20.6. The third-order valence-corrected chi connectivity index (χ3v) is 3.64. The molecule has 0 atom stereocenters. The molecule has 0 bridgehead atoms. The number of nitrogens with one attached hydrogen (secondary N) is 4. The summed E-state index contributed by atoms with van der Waals surface area (Å²) in [5.41, 5.74) is 1.04. The molecule has 0 spiro atoms. The van der Waals surface area contributed by atoms with E-state index in [1.807, 2.05) is 0 Å². The molecule has 0 radical (unpaired) electrons. The quantitative estimate of drug-likeness (QED) is 0.295. The van der Waals surface area contributed by atoms with Gasteiger partial charge >= 0.3 is 6.03 Å². The molecule has 0 unspecified atom stereocenters. The second kappa shape index (κ2) is 10.5. The second-order valence-electron chi connectivity index (χ2n) is 5.71. The van der Waals surface area contributed by atoms with Crippen LogP contribution in [0, 0.1) is 15.9 Å². The Balaban J connectivity index is 1.61. The molecule has 2 aromatic carbocycles. The van der Waals surface area contributed by atoms with E-state index >= 15 is 0 Å². The van der Waals surface area contributed by atoms with Gasteiger partial charge in [-0.3, -0.25) is 14.9 Å². The maximum absolute atomic E-state index is 12.8. The first-order valence-corrected chi connectivity index (χ1v) is 8.46. The summed E-state index contributed by atoms with van der Waals surface area (Å²) in [7, 11) is 0. The first-order valence-electron chi connectivity index (χ1n) is 8.46. The van der Waals surface area contributed by atoms with Crippen LogP contribution in [0.3, 0.4) is 0 Å². The minimum Gasteiger partial charge on any atom is -0.378 e. The highest BCUT2D eigenvalue weighted by Crippen LogP contribution is 2.22. The van der Waals surface area contributed by atoms with Crippen molar-refractivity contribution in [3.63, 3.8) is 0 Å². The van der Waals surface area contributed by atoms with Crippen LogP contribution in [0.25, 0.3) is 0 Å². The lowest BCUT2D eigenvalue weighted by Gasteiger charge is -2.10. The molecule has 0 heterocycles. The molecule has 2 aromatic rings. The van der Waals surface area contributed by atoms with E-state index in [-0.39, 0.29) is 37.7 Å². The molecule has 9 nitrogen and oxygen atoms in total. The SMILES string of the molecule is O=C(CNC(=O)NCc1ccc(F)cc1)NCCNc1ccccc1[N+](=O)[O-]. The van der Waals surface area contributed by atoms with Crippen molar-refractivity contribution >= 4 is 23.3 Å². The van der Waals surface area contributed by atoms with Gasteiger partial charge in [0.25, 0.3) is 5.69 Å². The van der Waals surface area contributed by atoms with E-state index in [4.69, 9.17) is 0 Å². The van der Waals surface area contributed by atoms with Gasteiger partial charge in [-0.25, -0.2) is 9.18 Å². The maximum atomic E-state index is 12.8. The number of halogens is 1. The van der Waals surface area contributed by atoms with Crippen LogP contribution in [0.5, 0.6) is 0 Å². The zero-order valence-electron chi connectivity index (χ0n) is 14.9. The average Bonchev–Trinajstić information content (AvgIpc) is 2.69. The molecule has 28 heavy (non-hydrogen) atoms. The van der Waals surface area contributed by atoms with Crippen molar-refractivity contribution in [3.05, 3.63) is 70.0 Å². The topological polar surface area (TPSA) is 125 Å². The molecule has 2 rings (SSSR count). The Labute approximate surface area is 160 Å². The van der Waals surface area contributed by atoms with Gasteiger partial charge in [0.15, 0.2) is 0 Å². The highest BCUT2D eigenvalue weighted by molar-refractivity contribution is 5.83. The molecule has 10 heteroatoms. The van der Waals surface area contributed by atoms with E-state index in [2.05, 4.69) is 21.3 Å². The lowest BCUT2D eigenvalue weighted by atomic mass is 10.2. The fourth-order valence-corrected chi connectivity index (χ4v) is 2.25. The summed E-state index contributed by atoms with van der Waals surface area (Å²) in [4.78, 5) is 33.8. The number of hydrogen-bond acceptors (Lipinski definition) is 5. The van der Waals surface area contributed by atoms with Crippen molar-refractivity contribution in [1.82, 2.24) is 16.0 Å². The Bertz CT molecular complexity index is 829. The van der Waals surface area contributed by atoms with Crippen LogP contribution >= 0.6 is 0 Å². The van der Waals surface area contributed by atoms with Crippen LogP contribution < -0.4 is 21.3 Å².